The molecule has 3 heteroatoms. The Bertz CT molecular complexity index is 342. The first-order chi connectivity index (χ1) is 6.07. The van der Waals surface area contributed by atoms with Crippen LogP contribution in [0.3, 0.4) is 0 Å². The van der Waals surface area contributed by atoms with Crippen LogP contribution >= 0.6 is 0 Å². The first-order valence-corrected chi connectivity index (χ1v) is 4.01. The molecule has 0 unspecified atom stereocenters. The van der Waals surface area contributed by atoms with E-state index >= 15 is 0 Å². The molecule has 0 fully saturated rings. The molecule has 0 aliphatic carbocycles. The predicted octanol–water partition coefficient (Wildman–Crippen LogP) is 1.40. The first kappa shape index (κ1) is 9.74. The number of phenols is 1. The maximum Gasteiger partial charge on any atom is 0.163 e. The molecular formula is C10H12O3. The normalized spacial score (nSPS) is 10.1. The Labute approximate surface area is 76.6 Å². The average molecular weight is 180 g/mol. The number of hydrogen-bond acceptors (Lipinski definition) is 3. The Balaban J connectivity index is 3.31. The van der Waals surface area contributed by atoms with E-state index in [0.717, 1.165) is 0 Å². The molecule has 0 atom stereocenters. The lowest BCUT2D eigenvalue weighted by molar-refractivity contribution is 0.101. The predicted molar refractivity (Wildman–Crippen MR) is 48.8 cm³/mol. The minimum atomic E-state index is -0.176. The molecule has 0 spiro atoms. The second kappa shape index (κ2) is 3.58. The molecule has 2 N–H and O–H groups in total. The van der Waals surface area contributed by atoms with Crippen LogP contribution in [0.25, 0.3) is 0 Å². The first-order valence-electron chi connectivity index (χ1n) is 4.01. The molecule has 0 aliphatic rings. The maximum absolute atomic E-state index is 11.0. The van der Waals surface area contributed by atoms with E-state index in [9.17, 15) is 9.90 Å². The summed E-state index contributed by atoms with van der Waals surface area (Å²) in [6.07, 6.45) is 0. The van der Waals surface area contributed by atoms with Crippen molar-refractivity contribution in [3.63, 3.8) is 0 Å². The second-order valence-electron chi connectivity index (χ2n) is 2.96. The largest absolute Gasteiger partial charge is 0.507 e. The highest BCUT2D eigenvalue weighted by Gasteiger charge is 2.10. The van der Waals surface area contributed by atoms with Crippen molar-refractivity contribution < 1.29 is 15.0 Å². The number of Topliss-reactive ketones (excluding diaryl/α,β-unsaturated/α-hetero) is 1. The summed E-state index contributed by atoms with van der Waals surface area (Å²) in [5, 5.41) is 18.4. The van der Waals surface area contributed by atoms with E-state index in [1.54, 1.807) is 13.0 Å². The van der Waals surface area contributed by atoms with Gasteiger partial charge in [-0.05, 0) is 31.0 Å². The number of carbonyl (C=O) groups excluding carboxylic acids is 1. The lowest BCUT2D eigenvalue weighted by Gasteiger charge is -2.07. The number of hydrogen-bond donors (Lipinski definition) is 2. The lowest BCUT2D eigenvalue weighted by atomic mass is 10.0. The molecular weight excluding hydrogens is 168 g/mol. The number of rotatable bonds is 2. The molecule has 13 heavy (non-hydrogen) atoms. The fourth-order valence-electron chi connectivity index (χ4n) is 1.20. The van der Waals surface area contributed by atoms with Gasteiger partial charge in [0.15, 0.2) is 5.78 Å². The number of benzene rings is 1. The van der Waals surface area contributed by atoms with E-state index in [2.05, 4.69) is 0 Å². The third kappa shape index (κ3) is 1.70. The molecule has 0 radical (unpaired) electrons. The van der Waals surface area contributed by atoms with Gasteiger partial charge in [0.2, 0.25) is 0 Å². The molecule has 0 heterocycles. The fourth-order valence-corrected chi connectivity index (χ4v) is 1.20. The minimum Gasteiger partial charge on any atom is -0.507 e. The number of carbonyl (C=O) groups is 1. The summed E-state index contributed by atoms with van der Waals surface area (Å²) >= 11 is 0. The topological polar surface area (TPSA) is 57.5 Å². The third-order valence-electron chi connectivity index (χ3n) is 2.09. The standard InChI is InChI=1S/C10H12O3/c1-6-8(5-11)3-4-9(7(2)12)10(6)13/h3-4,11,13H,5H2,1-2H3. The van der Waals surface area contributed by atoms with Crippen LogP contribution in [0, 0.1) is 6.92 Å². The van der Waals surface area contributed by atoms with Gasteiger partial charge in [0.1, 0.15) is 5.75 Å². The number of aliphatic hydroxyl groups is 1. The summed E-state index contributed by atoms with van der Waals surface area (Å²) in [5.41, 5.74) is 1.51. The van der Waals surface area contributed by atoms with Crippen molar-refractivity contribution in [2.75, 3.05) is 0 Å². The molecule has 0 amide bonds. The van der Waals surface area contributed by atoms with Crippen molar-refractivity contribution in [2.45, 2.75) is 20.5 Å². The van der Waals surface area contributed by atoms with Crippen molar-refractivity contribution in [1.82, 2.24) is 0 Å². The van der Waals surface area contributed by atoms with Crippen LogP contribution in [0.2, 0.25) is 0 Å². The van der Waals surface area contributed by atoms with E-state index < -0.39 is 0 Å². The van der Waals surface area contributed by atoms with E-state index in [-0.39, 0.29) is 18.1 Å². The van der Waals surface area contributed by atoms with Gasteiger partial charge in [-0.15, -0.1) is 0 Å². The summed E-state index contributed by atoms with van der Waals surface area (Å²) in [4.78, 5) is 11.0. The summed E-state index contributed by atoms with van der Waals surface area (Å²) < 4.78 is 0. The Hall–Kier alpha value is -1.35. The number of aromatic hydroxyl groups is 1. The van der Waals surface area contributed by atoms with Gasteiger partial charge in [-0.2, -0.15) is 0 Å². The summed E-state index contributed by atoms with van der Waals surface area (Å²) in [7, 11) is 0. The van der Waals surface area contributed by atoms with Gasteiger partial charge in [0, 0.05) is 0 Å². The van der Waals surface area contributed by atoms with Gasteiger partial charge < -0.3 is 10.2 Å². The number of aliphatic hydroxyl groups excluding tert-OH is 1. The fraction of sp³-hybridized carbons (Fsp3) is 0.300. The van der Waals surface area contributed by atoms with Crippen LogP contribution in [-0.2, 0) is 6.61 Å². The Morgan fingerprint density at radius 2 is 2.08 bits per heavy atom. The van der Waals surface area contributed by atoms with Gasteiger partial charge in [-0.3, -0.25) is 4.79 Å². The summed E-state index contributed by atoms with van der Waals surface area (Å²) in [6.45, 7) is 2.94. The Morgan fingerprint density at radius 1 is 1.46 bits per heavy atom. The quantitative estimate of drug-likeness (QED) is 0.676. The average Bonchev–Trinajstić information content (AvgIpc) is 2.09. The van der Waals surface area contributed by atoms with Crippen LogP contribution in [0.15, 0.2) is 12.1 Å². The molecule has 1 aromatic carbocycles. The monoisotopic (exact) mass is 180 g/mol. The Kier molecular flexibility index (Phi) is 2.68. The molecule has 1 aromatic rings. The zero-order chi connectivity index (χ0) is 10.0. The highest BCUT2D eigenvalue weighted by Crippen LogP contribution is 2.25. The highest BCUT2D eigenvalue weighted by atomic mass is 16.3. The van der Waals surface area contributed by atoms with E-state index in [1.165, 1.54) is 13.0 Å². The molecule has 0 bridgehead atoms. The minimum absolute atomic E-state index is 0.0287. The highest BCUT2D eigenvalue weighted by molar-refractivity contribution is 5.97. The van der Waals surface area contributed by atoms with Crippen molar-refractivity contribution in [2.24, 2.45) is 0 Å². The van der Waals surface area contributed by atoms with Gasteiger partial charge >= 0.3 is 0 Å². The van der Waals surface area contributed by atoms with Crippen LogP contribution in [0.5, 0.6) is 5.75 Å². The number of phenolic OH excluding ortho intramolecular Hbond substituents is 1. The van der Waals surface area contributed by atoms with Crippen LogP contribution in [0.1, 0.15) is 28.4 Å². The van der Waals surface area contributed by atoms with Crippen molar-refractivity contribution in [3.05, 3.63) is 28.8 Å². The van der Waals surface area contributed by atoms with E-state index in [4.69, 9.17) is 5.11 Å². The van der Waals surface area contributed by atoms with Crippen LogP contribution in [0.4, 0.5) is 0 Å². The van der Waals surface area contributed by atoms with Crippen molar-refractivity contribution >= 4 is 5.78 Å². The van der Waals surface area contributed by atoms with Gasteiger partial charge in [-0.25, -0.2) is 0 Å². The molecule has 0 aromatic heterocycles. The molecule has 70 valence electrons. The Morgan fingerprint density at radius 3 is 2.54 bits per heavy atom. The second-order valence-corrected chi connectivity index (χ2v) is 2.96. The zero-order valence-corrected chi connectivity index (χ0v) is 7.66. The van der Waals surface area contributed by atoms with Gasteiger partial charge in [-0.1, -0.05) is 6.07 Å². The third-order valence-corrected chi connectivity index (χ3v) is 2.09. The van der Waals surface area contributed by atoms with Gasteiger partial charge in [0.05, 0.1) is 12.2 Å². The number of ketones is 1. The van der Waals surface area contributed by atoms with Crippen LogP contribution in [-0.4, -0.2) is 16.0 Å². The van der Waals surface area contributed by atoms with Crippen LogP contribution < -0.4 is 0 Å². The van der Waals surface area contributed by atoms with Crippen molar-refractivity contribution in [3.8, 4) is 5.75 Å². The zero-order valence-electron chi connectivity index (χ0n) is 7.66. The summed E-state index contributed by atoms with van der Waals surface area (Å²) in [5.74, 6) is -0.205. The van der Waals surface area contributed by atoms with Gasteiger partial charge in [0.25, 0.3) is 0 Å². The molecule has 0 saturated heterocycles. The SMILES string of the molecule is CC(=O)c1ccc(CO)c(C)c1O. The molecule has 1 rings (SSSR count). The molecule has 0 aliphatic heterocycles. The van der Waals surface area contributed by atoms with E-state index in [1.807, 2.05) is 0 Å². The molecule has 3 nitrogen and oxygen atoms in total. The maximum atomic E-state index is 11.0. The lowest BCUT2D eigenvalue weighted by Crippen LogP contribution is -1.97. The smallest absolute Gasteiger partial charge is 0.163 e. The van der Waals surface area contributed by atoms with E-state index in [0.29, 0.717) is 16.7 Å². The molecule has 0 saturated carbocycles. The summed E-state index contributed by atoms with van der Waals surface area (Å²) in [6, 6.07) is 3.17. The van der Waals surface area contributed by atoms with Crippen molar-refractivity contribution in [1.29, 1.82) is 0 Å².